The molecule has 0 radical (unpaired) electrons. The van der Waals surface area contributed by atoms with Crippen LogP contribution in [-0.2, 0) is 0 Å². The summed E-state index contributed by atoms with van der Waals surface area (Å²) in [5.41, 5.74) is 1.14. The monoisotopic (exact) mass is 224 g/mol. The van der Waals surface area contributed by atoms with Crippen molar-refractivity contribution in [3.63, 3.8) is 0 Å². The smallest absolute Gasteiger partial charge is 0.0316 e. The molecule has 1 saturated carbocycles. The molecular formula is C16H32. The first-order chi connectivity index (χ1) is 7.14. The van der Waals surface area contributed by atoms with E-state index in [4.69, 9.17) is 0 Å². The Bertz CT molecular complexity index is 224. The van der Waals surface area contributed by atoms with Gasteiger partial charge in [0.1, 0.15) is 0 Å². The summed E-state index contributed by atoms with van der Waals surface area (Å²) in [5, 5.41) is 0. The Morgan fingerprint density at radius 1 is 1.00 bits per heavy atom. The highest BCUT2D eigenvalue weighted by atomic mass is 14.5. The van der Waals surface area contributed by atoms with Crippen molar-refractivity contribution in [2.75, 3.05) is 0 Å². The SMILES string of the molecule is CC(C)CC1(C)CC(C(C)C)CC(C)(C)C1. The van der Waals surface area contributed by atoms with Crippen LogP contribution in [0.15, 0.2) is 0 Å². The van der Waals surface area contributed by atoms with Gasteiger partial charge in [0, 0.05) is 0 Å². The molecule has 0 spiro atoms. The fraction of sp³-hybridized carbons (Fsp3) is 1.00. The maximum Gasteiger partial charge on any atom is -0.0316 e. The lowest BCUT2D eigenvalue weighted by Gasteiger charge is -2.49. The van der Waals surface area contributed by atoms with Gasteiger partial charge in [-0.2, -0.15) is 0 Å². The zero-order chi connectivity index (χ0) is 12.6. The van der Waals surface area contributed by atoms with Gasteiger partial charge in [-0.15, -0.1) is 0 Å². The maximum atomic E-state index is 2.53. The van der Waals surface area contributed by atoms with Gasteiger partial charge in [-0.1, -0.05) is 48.5 Å². The van der Waals surface area contributed by atoms with Gasteiger partial charge in [0.2, 0.25) is 0 Å². The first-order valence-electron chi connectivity index (χ1n) is 7.14. The minimum Gasteiger partial charge on any atom is -0.0628 e. The van der Waals surface area contributed by atoms with Gasteiger partial charge >= 0.3 is 0 Å². The summed E-state index contributed by atoms with van der Waals surface area (Å²) in [6.45, 7) is 17.0. The molecule has 1 aliphatic carbocycles. The van der Waals surface area contributed by atoms with E-state index >= 15 is 0 Å². The zero-order valence-electron chi connectivity index (χ0n) is 12.6. The van der Waals surface area contributed by atoms with Gasteiger partial charge < -0.3 is 0 Å². The molecule has 16 heavy (non-hydrogen) atoms. The highest BCUT2D eigenvalue weighted by Crippen LogP contribution is 2.52. The largest absolute Gasteiger partial charge is 0.0628 e. The lowest BCUT2D eigenvalue weighted by molar-refractivity contribution is 0.0213. The molecule has 0 aromatic heterocycles. The van der Waals surface area contributed by atoms with Crippen molar-refractivity contribution in [1.29, 1.82) is 0 Å². The summed E-state index contributed by atoms with van der Waals surface area (Å²) < 4.78 is 0. The van der Waals surface area contributed by atoms with E-state index in [0.717, 1.165) is 17.8 Å². The first-order valence-corrected chi connectivity index (χ1v) is 7.14. The van der Waals surface area contributed by atoms with E-state index in [1.54, 1.807) is 0 Å². The summed E-state index contributed by atoms with van der Waals surface area (Å²) in [6, 6.07) is 0. The molecule has 1 aliphatic rings. The van der Waals surface area contributed by atoms with E-state index in [1.807, 2.05) is 0 Å². The average Bonchev–Trinajstić information content (AvgIpc) is 1.96. The van der Waals surface area contributed by atoms with E-state index < -0.39 is 0 Å². The zero-order valence-corrected chi connectivity index (χ0v) is 12.6. The second-order valence-electron chi connectivity index (χ2n) is 8.16. The lowest BCUT2D eigenvalue weighted by Crippen LogP contribution is -2.38. The van der Waals surface area contributed by atoms with Crippen molar-refractivity contribution >= 4 is 0 Å². The number of rotatable bonds is 3. The van der Waals surface area contributed by atoms with E-state index in [1.165, 1.54) is 25.7 Å². The van der Waals surface area contributed by atoms with Crippen LogP contribution in [0.2, 0.25) is 0 Å². The van der Waals surface area contributed by atoms with E-state index in [0.29, 0.717) is 10.8 Å². The van der Waals surface area contributed by atoms with Crippen LogP contribution in [-0.4, -0.2) is 0 Å². The Morgan fingerprint density at radius 3 is 2.00 bits per heavy atom. The molecule has 2 atom stereocenters. The molecule has 96 valence electrons. The summed E-state index contributed by atoms with van der Waals surface area (Å²) in [5.74, 6) is 2.63. The second-order valence-corrected chi connectivity index (χ2v) is 8.16. The van der Waals surface area contributed by atoms with Crippen LogP contribution in [0.4, 0.5) is 0 Å². The predicted molar refractivity (Wildman–Crippen MR) is 73.5 cm³/mol. The molecule has 1 fully saturated rings. The van der Waals surface area contributed by atoms with Crippen LogP contribution in [0.25, 0.3) is 0 Å². The fourth-order valence-corrected chi connectivity index (χ4v) is 4.33. The molecule has 0 N–H and O–H groups in total. The molecule has 0 aliphatic heterocycles. The van der Waals surface area contributed by atoms with Gasteiger partial charge in [-0.05, 0) is 54.3 Å². The Hall–Kier alpha value is 0. The molecule has 2 unspecified atom stereocenters. The van der Waals surface area contributed by atoms with Crippen LogP contribution in [0.5, 0.6) is 0 Å². The van der Waals surface area contributed by atoms with Crippen LogP contribution in [0.3, 0.4) is 0 Å². The fourth-order valence-electron chi connectivity index (χ4n) is 4.33. The van der Waals surface area contributed by atoms with E-state index in [2.05, 4.69) is 48.5 Å². The third kappa shape index (κ3) is 3.79. The molecule has 0 heteroatoms. The Labute approximate surface area is 103 Å². The molecule has 0 bridgehead atoms. The quantitative estimate of drug-likeness (QED) is 0.592. The highest BCUT2D eigenvalue weighted by molar-refractivity contribution is 4.92. The third-order valence-corrected chi connectivity index (χ3v) is 4.32. The normalized spacial score (nSPS) is 34.7. The van der Waals surface area contributed by atoms with Gasteiger partial charge in [0.05, 0.1) is 0 Å². The van der Waals surface area contributed by atoms with Crippen molar-refractivity contribution in [3.05, 3.63) is 0 Å². The van der Waals surface area contributed by atoms with Crippen molar-refractivity contribution in [2.45, 2.75) is 74.1 Å². The summed E-state index contributed by atoms with van der Waals surface area (Å²) in [6.07, 6.45) is 5.70. The van der Waals surface area contributed by atoms with Crippen LogP contribution in [0, 0.1) is 28.6 Å². The molecular weight excluding hydrogens is 192 g/mol. The van der Waals surface area contributed by atoms with Crippen molar-refractivity contribution in [2.24, 2.45) is 28.6 Å². The standard InChI is InChI=1S/C16H32/c1-12(2)8-16(7)10-14(13(3)4)9-15(5,6)11-16/h12-14H,8-11H2,1-7H3. The molecule has 1 rings (SSSR count). The lowest BCUT2D eigenvalue weighted by atomic mass is 9.57. The van der Waals surface area contributed by atoms with Crippen molar-refractivity contribution < 1.29 is 0 Å². The number of hydrogen-bond acceptors (Lipinski definition) is 0. The molecule has 0 aromatic carbocycles. The molecule has 0 aromatic rings. The molecule has 0 saturated heterocycles. The number of hydrogen-bond donors (Lipinski definition) is 0. The minimum absolute atomic E-state index is 0.552. The molecule has 0 amide bonds. The van der Waals surface area contributed by atoms with Crippen LogP contribution in [0.1, 0.15) is 74.1 Å². The van der Waals surface area contributed by atoms with E-state index in [9.17, 15) is 0 Å². The summed E-state index contributed by atoms with van der Waals surface area (Å²) in [4.78, 5) is 0. The third-order valence-electron chi connectivity index (χ3n) is 4.32. The predicted octanol–water partition coefficient (Wildman–Crippen LogP) is 5.52. The van der Waals surface area contributed by atoms with Crippen molar-refractivity contribution in [1.82, 2.24) is 0 Å². The van der Waals surface area contributed by atoms with Crippen LogP contribution >= 0.6 is 0 Å². The Kier molecular flexibility index (Phi) is 4.13. The summed E-state index contributed by atoms with van der Waals surface area (Å²) >= 11 is 0. The maximum absolute atomic E-state index is 2.53. The average molecular weight is 224 g/mol. The van der Waals surface area contributed by atoms with Crippen LogP contribution < -0.4 is 0 Å². The molecule has 0 heterocycles. The molecule has 0 nitrogen and oxygen atoms in total. The Morgan fingerprint density at radius 2 is 1.56 bits per heavy atom. The van der Waals surface area contributed by atoms with Gasteiger partial charge in [-0.3, -0.25) is 0 Å². The second kappa shape index (κ2) is 4.70. The highest BCUT2D eigenvalue weighted by Gasteiger charge is 2.41. The topological polar surface area (TPSA) is 0 Å². The minimum atomic E-state index is 0.552. The van der Waals surface area contributed by atoms with E-state index in [-0.39, 0.29) is 0 Å². The van der Waals surface area contributed by atoms with Crippen molar-refractivity contribution in [3.8, 4) is 0 Å². The van der Waals surface area contributed by atoms with Gasteiger partial charge in [0.25, 0.3) is 0 Å². The first kappa shape index (κ1) is 14.1. The Balaban J connectivity index is 2.78. The summed E-state index contributed by atoms with van der Waals surface area (Å²) in [7, 11) is 0. The van der Waals surface area contributed by atoms with Gasteiger partial charge in [0.15, 0.2) is 0 Å². The van der Waals surface area contributed by atoms with Gasteiger partial charge in [-0.25, -0.2) is 0 Å².